The smallest absolute Gasteiger partial charge is 0.257 e. The Balaban J connectivity index is 1.37. The van der Waals surface area contributed by atoms with E-state index in [-0.39, 0.29) is 5.91 Å². The van der Waals surface area contributed by atoms with Crippen LogP contribution in [-0.4, -0.2) is 45.7 Å². The van der Waals surface area contributed by atoms with Crippen molar-refractivity contribution in [2.75, 3.05) is 25.3 Å². The highest BCUT2D eigenvalue weighted by Gasteiger charge is 2.14. The van der Waals surface area contributed by atoms with Crippen LogP contribution in [0.2, 0.25) is 0 Å². The highest BCUT2D eigenvalue weighted by atomic mass is 32.1. The molecule has 0 aliphatic carbocycles. The second kappa shape index (κ2) is 9.61. The lowest BCUT2D eigenvalue weighted by molar-refractivity contribution is -0.0504. The molecule has 0 bridgehead atoms. The topological polar surface area (TPSA) is 104 Å². The molecule has 4 aromatic rings. The van der Waals surface area contributed by atoms with Crippen molar-refractivity contribution in [3.63, 3.8) is 0 Å². The van der Waals surface area contributed by atoms with E-state index in [1.807, 2.05) is 17.6 Å². The van der Waals surface area contributed by atoms with Gasteiger partial charge >= 0.3 is 0 Å². The van der Waals surface area contributed by atoms with Crippen molar-refractivity contribution in [2.24, 2.45) is 0 Å². The Morgan fingerprint density at radius 2 is 2.20 bits per heavy atom. The number of benzene rings is 1. The van der Waals surface area contributed by atoms with Gasteiger partial charge in [0.05, 0.1) is 30.2 Å². The Kier molecular flexibility index (Phi) is 6.47. The highest BCUT2D eigenvalue weighted by molar-refractivity contribution is 7.18. The lowest BCUT2D eigenvalue weighted by atomic mass is 10.2. The second-order valence-corrected chi connectivity index (χ2v) is 7.34. The largest absolute Gasteiger partial charge is 0.462 e. The number of furan rings is 1. The molecule has 3 aromatic heterocycles. The number of aryl methyl sites for hydroxylation is 1. The zero-order valence-electron chi connectivity index (χ0n) is 16.4. The molecule has 0 radical (unpaired) electrons. The molecule has 0 atom stereocenters. The van der Waals surface area contributed by atoms with Crippen LogP contribution in [0.25, 0.3) is 21.8 Å². The van der Waals surface area contributed by atoms with Crippen LogP contribution in [0.15, 0.2) is 47.3 Å². The fourth-order valence-electron chi connectivity index (χ4n) is 2.86. The molecule has 30 heavy (non-hydrogen) atoms. The minimum Gasteiger partial charge on any atom is -0.462 e. The van der Waals surface area contributed by atoms with E-state index in [0.717, 1.165) is 24.0 Å². The SMILES string of the molecule is CCOCOCCCn1cnc2cc(C(=O)Nc3nnc(-c4ccco4)s3)ccc21. The Hall–Kier alpha value is -3.08. The van der Waals surface area contributed by atoms with E-state index in [9.17, 15) is 4.79 Å². The van der Waals surface area contributed by atoms with E-state index < -0.39 is 0 Å². The number of ether oxygens (including phenoxy) is 2. The first-order valence-corrected chi connectivity index (χ1v) is 10.4. The van der Waals surface area contributed by atoms with Crippen molar-refractivity contribution >= 4 is 33.4 Å². The third-order valence-electron chi connectivity index (χ3n) is 4.32. The number of rotatable bonds is 10. The zero-order chi connectivity index (χ0) is 20.8. The molecule has 1 amide bonds. The summed E-state index contributed by atoms with van der Waals surface area (Å²) in [6.45, 7) is 4.28. The first-order chi connectivity index (χ1) is 14.7. The van der Waals surface area contributed by atoms with Gasteiger partial charge in [0.1, 0.15) is 6.79 Å². The molecule has 1 aromatic carbocycles. The third-order valence-corrected chi connectivity index (χ3v) is 5.17. The summed E-state index contributed by atoms with van der Waals surface area (Å²) in [5.41, 5.74) is 2.22. The number of imidazole rings is 1. The molecular weight excluding hydrogens is 406 g/mol. The number of carbonyl (C=O) groups excluding carboxylic acids is 1. The second-order valence-electron chi connectivity index (χ2n) is 6.36. The lowest BCUT2D eigenvalue weighted by Crippen LogP contribution is -2.11. The van der Waals surface area contributed by atoms with Gasteiger partial charge in [-0.1, -0.05) is 11.3 Å². The van der Waals surface area contributed by atoms with Crippen molar-refractivity contribution in [1.82, 2.24) is 19.7 Å². The minimum absolute atomic E-state index is 0.266. The monoisotopic (exact) mass is 427 g/mol. The molecule has 4 rings (SSSR count). The lowest BCUT2D eigenvalue weighted by Gasteiger charge is -2.06. The summed E-state index contributed by atoms with van der Waals surface area (Å²) in [6, 6.07) is 9.00. The molecule has 0 unspecified atom stereocenters. The predicted molar refractivity (Wildman–Crippen MR) is 112 cm³/mol. The van der Waals surface area contributed by atoms with Gasteiger partial charge in [0, 0.05) is 18.7 Å². The summed E-state index contributed by atoms with van der Waals surface area (Å²) in [4.78, 5) is 17.0. The quantitative estimate of drug-likeness (QED) is 0.303. The van der Waals surface area contributed by atoms with Crippen LogP contribution in [0.4, 0.5) is 5.13 Å². The molecule has 3 heterocycles. The Morgan fingerprint density at radius 1 is 1.27 bits per heavy atom. The third kappa shape index (κ3) is 4.73. The van der Waals surface area contributed by atoms with Crippen LogP contribution < -0.4 is 5.32 Å². The van der Waals surface area contributed by atoms with Gasteiger partial charge in [-0.15, -0.1) is 10.2 Å². The minimum atomic E-state index is -0.266. The summed E-state index contributed by atoms with van der Waals surface area (Å²) in [5.74, 6) is 0.348. The summed E-state index contributed by atoms with van der Waals surface area (Å²) >= 11 is 1.25. The molecule has 0 aliphatic heterocycles. The average molecular weight is 427 g/mol. The highest BCUT2D eigenvalue weighted by Crippen LogP contribution is 2.27. The predicted octanol–water partition coefficient (Wildman–Crippen LogP) is 3.80. The van der Waals surface area contributed by atoms with Gasteiger partial charge in [-0.05, 0) is 43.7 Å². The van der Waals surface area contributed by atoms with Crippen LogP contribution in [0.1, 0.15) is 23.7 Å². The van der Waals surface area contributed by atoms with Crippen LogP contribution in [0, 0.1) is 0 Å². The molecule has 1 N–H and O–H groups in total. The maximum atomic E-state index is 12.6. The molecule has 0 saturated heterocycles. The number of hydrogen-bond acceptors (Lipinski definition) is 8. The first-order valence-electron chi connectivity index (χ1n) is 9.53. The van der Waals surface area contributed by atoms with Gasteiger partial charge < -0.3 is 18.5 Å². The van der Waals surface area contributed by atoms with Gasteiger partial charge in [0.2, 0.25) is 5.13 Å². The average Bonchev–Trinajstić information content (AvgIpc) is 3.51. The molecule has 156 valence electrons. The standard InChI is InChI=1S/C20H21N5O4S/c1-2-27-13-28-9-4-8-25-12-21-15-11-14(6-7-16(15)25)18(26)22-20-24-23-19(30-20)17-5-3-10-29-17/h3,5-7,10-12H,2,4,8-9,13H2,1H3,(H,22,24,26). The molecule has 0 aliphatic rings. The van der Waals surface area contributed by atoms with Crippen LogP contribution >= 0.6 is 11.3 Å². The van der Waals surface area contributed by atoms with Crippen LogP contribution in [0.3, 0.4) is 0 Å². The first kappa shape index (κ1) is 20.2. The van der Waals surface area contributed by atoms with Crippen molar-refractivity contribution in [3.8, 4) is 10.8 Å². The van der Waals surface area contributed by atoms with E-state index in [4.69, 9.17) is 13.9 Å². The maximum Gasteiger partial charge on any atom is 0.257 e. The number of fused-ring (bicyclic) bond motifs is 1. The zero-order valence-corrected chi connectivity index (χ0v) is 17.2. The van der Waals surface area contributed by atoms with Gasteiger partial charge in [0.15, 0.2) is 10.8 Å². The van der Waals surface area contributed by atoms with Crippen molar-refractivity contribution < 1.29 is 18.7 Å². The molecule has 9 nitrogen and oxygen atoms in total. The number of hydrogen-bond donors (Lipinski definition) is 1. The molecule has 0 spiro atoms. The number of amides is 1. The summed E-state index contributed by atoms with van der Waals surface area (Å²) in [6.07, 6.45) is 4.18. The van der Waals surface area contributed by atoms with Crippen molar-refractivity contribution in [3.05, 3.63) is 48.5 Å². The fourth-order valence-corrected chi connectivity index (χ4v) is 3.57. The molecule has 0 fully saturated rings. The Bertz CT molecular complexity index is 1110. The van der Waals surface area contributed by atoms with Gasteiger partial charge in [0.25, 0.3) is 5.91 Å². The number of nitrogens with zero attached hydrogens (tertiary/aromatic N) is 4. The summed E-state index contributed by atoms with van der Waals surface area (Å²) in [5, 5.41) is 11.8. The normalized spacial score (nSPS) is 11.2. The Labute approximate surface area is 176 Å². The van der Waals surface area contributed by atoms with E-state index in [1.165, 1.54) is 11.3 Å². The van der Waals surface area contributed by atoms with E-state index in [1.54, 1.807) is 36.9 Å². The van der Waals surface area contributed by atoms with E-state index in [0.29, 0.717) is 41.5 Å². The molecule has 10 heteroatoms. The molecular formula is C20H21N5O4S. The van der Waals surface area contributed by atoms with Crippen LogP contribution in [0.5, 0.6) is 0 Å². The van der Waals surface area contributed by atoms with Gasteiger partial charge in [-0.2, -0.15) is 0 Å². The number of carbonyl (C=O) groups is 1. The number of anilines is 1. The molecule has 0 saturated carbocycles. The van der Waals surface area contributed by atoms with Gasteiger partial charge in [-0.3, -0.25) is 10.1 Å². The van der Waals surface area contributed by atoms with Gasteiger partial charge in [-0.25, -0.2) is 4.98 Å². The number of aromatic nitrogens is 4. The van der Waals surface area contributed by atoms with E-state index >= 15 is 0 Å². The number of nitrogens with one attached hydrogen (secondary N) is 1. The Morgan fingerprint density at radius 3 is 3.03 bits per heavy atom. The fraction of sp³-hybridized carbons (Fsp3) is 0.300. The van der Waals surface area contributed by atoms with Crippen molar-refractivity contribution in [1.29, 1.82) is 0 Å². The van der Waals surface area contributed by atoms with Crippen molar-refractivity contribution in [2.45, 2.75) is 19.9 Å². The summed E-state index contributed by atoms with van der Waals surface area (Å²) in [7, 11) is 0. The summed E-state index contributed by atoms with van der Waals surface area (Å²) < 4.78 is 17.9. The van der Waals surface area contributed by atoms with Crippen LogP contribution in [-0.2, 0) is 16.0 Å². The maximum absolute atomic E-state index is 12.6. The van der Waals surface area contributed by atoms with E-state index in [2.05, 4.69) is 20.5 Å².